The second kappa shape index (κ2) is 7.12. The topological polar surface area (TPSA) is 89.1 Å². The summed E-state index contributed by atoms with van der Waals surface area (Å²) in [7, 11) is 0. The molecule has 0 saturated carbocycles. The second-order valence-corrected chi connectivity index (χ2v) is 6.31. The first-order valence-corrected chi connectivity index (χ1v) is 8.44. The number of amides is 1. The highest BCUT2D eigenvalue weighted by Crippen LogP contribution is 2.27. The molecule has 3 heterocycles. The minimum absolute atomic E-state index is 0.0799. The van der Waals surface area contributed by atoms with E-state index in [9.17, 15) is 4.79 Å². The van der Waals surface area contributed by atoms with Gasteiger partial charge in [-0.15, -0.1) is 10.2 Å². The zero-order chi connectivity index (χ0) is 17.1. The average molecular weight is 332 g/mol. The molecule has 2 aromatic rings. The minimum atomic E-state index is -0.240. The predicted molar refractivity (Wildman–Crippen MR) is 88.6 cm³/mol. The van der Waals surface area contributed by atoms with Crippen molar-refractivity contribution >= 4 is 11.8 Å². The Bertz CT molecular complexity index is 694. The highest BCUT2D eigenvalue weighted by molar-refractivity contribution is 5.93. The van der Waals surface area contributed by atoms with Crippen LogP contribution in [0.2, 0.25) is 0 Å². The Labute approximate surface area is 141 Å². The molecule has 1 amide bonds. The van der Waals surface area contributed by atoms with Crippen LogP contribution in [0.5, 0.6) is 0 Å². The maximum absolute atomic E-state index is 12.5. The molecule has 1 aliphatic rings. The Morgan fingerprint density at radius 3 is 3.08 bits per heavy atom. The van der Waals surface area contributed by atoms with Crippen LogP contribution in [-0.4, -0.2) is 49.9 Å². The summed E-state index contributed by atoms with van der Waals surface area (Å²) in [5.74, 6) is 1.64. The molecule has 1 fully saturated rings. The third-order valence-electron chi connectivity index (χ3n) is 4.61. The standard InChI is InChI=1S/C16H24N6O2/c1-4-21-10-17-19-15(21)13-6-5-7-22(9-13)12(3)16(23)18-14-8-11(2)20-24-14/h8,10,12-13H,4-7,9H2,1-3H3,(H,18,23). The molecule has 24 heavy (non-hydrogen) atoms. The lowest BCUT2D eigenvalue weighted by molar-refractivity contribution is -0.121. The van der Waals surface area contributed by atoms with Gasteiger partial charge in [0.15, 0.2) is 0 Å². The molecule has 2 atom stereocenters. The molecule has 2 unspecified atom stereocenters. The van der Waals surface area contributed by atoms with Crippen molar-refractivity contribution in [3.05, 3.63) is 23.9 Å². The molecule has 8 heteroatoms. The Morgan fingerprint density at radius 1 is 1.54 bits per heavy atom. The molecule has 0 aromatic carbocycles. The van der Waals surface area contributed by atoms with Crippen LogP contribution >= 0.6 is 0 Å². The van der Waals surface area contributed by atoms with Crippen LogP contribution in [0.1, 0.15) is 44.1 Å². The maximum atomic E-state index is 12.5. The summed E-state index contributed by atoms with van der Waals surface area (Å²) >= 11 is 0. The molecule has 2 aromatic heterocycles. The maximum Gasteiger partial charge on any atom is 0.243 e. The zero-order valence-corrected chi connectivity index (χ0v) is 14.4. The van der Waals surface area contributed by atoms with E-state index in [1.54, 1.807) is 12.4 Å². The molecule has 0 spiro atoms. The van der Waals surface area contributed by atoms with Crippen LogP contribution in [0.15, 0.2) is 16.9 Å². The average Bonchev–Trinajstić information content (AvgIpc) is 3.22. The fourth-order valence-electron chi connectivity index (χ4n) is 3.21. The summed E-state index contributed by atoms with van der Waals surface area (Å²) in [6.45, 7) is 8.40. The van der Waals surface area contributed by atoms with E-state index in [4.69, 9.17) is 4.52 Å². The van der Waals surface area contributed by atoms with Crippen molar-refractivity contribution in [1.29, 1.82) is 0 Å². The largest absolute Gasteiger partial charge is 0.338 e. The van der Waals surface area contributed by atoms with Crippen molar-refractivity contribution < 1.29 is 9.32 Å². The van der Waals surface area contributed by atoms with Gasteiger partial charge in [0.25, 0.3) is 0 Å². The van der Waals surface area contributed by atoms with E-state index < -0.39 is 0 Å². The fourth-order valence-corrected chi connectivity index (χ4v) is 3.21. The van der Waals surface area contributed by atoms with Crippen LogP contribution < -0.4 is 5.32 Å². The number of carbonyl (C=O) groups excluding carboxylic acids is 1. The van der Waals surface area contributed by atoms with Crippen LogP contribution in [0.25, 0.3) is 0 Å². The van der Waals surface area contributed by atoms with Crippen LogP contribution in [0.3, 0.4) is 0 Å². The lowest BCUT2D eigenvalue weighted by Gasteiger charge is -2.35. The summed E-state index contributed by atoms with van der Waals surface area (Å²) in [6, 6.07) is 1.48. The lowest BCUT2D eigenvalue weighted by Crippen LogP contribution is -2.46. The number of piperidine rings is 1. The van der Waals surface area contributed by atoms with E-state index in [1.807, 2.05) is 13.8 Å². The first-order chi connectivity index (χ1) is 11.6. The molecule has 1 aliphatic heterocycles. The van der Waals surface area contributed by atoms with Gasteiger partial charge in [0.05, 0.1) is 11.7 Å². The number of nitrogens with one attached hydrogen (secondary N) is 1. The first kappa shape index (κ1) is 16.6. The number of anilines is 1. The Balaban J connectivity index is 1.64. The molecule has 130 valence electrons. The number of likely N-dealkylation sites (tertiary alicyclic amines) is 1. The Kier molecular flexibility index (Phi) is 4.94. The van der Waals surface area contributed by atoms with Gasteiger partial charge < -0.3 is 9.09 Å². The van der Waals surface area contributed by atoms with Gasteiger partial charge in [-0.1, -0.05) is 5.16 Å². The summed E-state index contributed by atoms with van der Waals surface area (Å²) in [6.07, 6.45) is 3.89. The third kappa shape index (κ3) is 3.48. The molecule has 1 N–H and O–H groups in total. The van der Waals surface area contributed by atoms with Crippen molar-refractivity contribution in [2.75, 3.05) is 18.4 Å². The van der Waals surface area contributed by atoms with Gasteiger partial charge in [-0.3, -0.25) is 15.0 Å². The third-order valence-corrected chi connectivity index (χ3v) is 4.61. The van der Waals surface area contributed by atoms with E-state index in [0.29, 0.717) is 11.8 Å². The minimum Gasteiger partial charge on any atom is -0.338 e. The number of aromatic nitrogens is 4. The summed E-state index contributed by atoms with van der Waals surface area (Å²) in [5, 5.41) is 14.9. The van der Waals surface area contributed by atoms with Gasteiger partial charge in [0.2, 0.25) is 11.8 Å². The van der Waals surface area contributed by atoms with E-state index >= 15 is 0 Å². The molecule has 0 bridgehead atoms. The molecular weight excluding hydrogens is 308 g/mol. The van der Waals surface area contributed by atoms with Crippen LogP contribution in [0.4, 0.5) is 5.88 Å². The highest BCUT2D eigenvalue weighted by Gasteiger charge is 2.30. The van der Waals surface area contributed by atoms with Crippen molar-refractivity contribution in [3.8, 4) is 0 Å². The van der Waals surface area contributed by atoms with Gasteiger partial charge in [-0.25, -0.2) is 0 Å². The molecule has 0 aliphatic carbocycles. The van der Waals surface area contributed by atoms with Gasteiger partial charge in [-0.2, -0.15) is 0 Å². The fraction of sp³-hybridized carbons (Fsp3) is 0.625. The Morgan fingerprint density at radius 2 is 2.38 bits per heavy atom. The zero-order valence-electron chi connectivity index (χ0n) is 14.4. The molecular formula is C16H24N6O2. The Hall–Kier alpha value is -2.22. The van der Waals surface area contributed by atoms with Gasteiger partial charge >= 0.3 is 0 Å². The first-order valence-electron chi connectivity index (χ1n) is 8.44. The predicted octanol–water partition coefficient (Wildman–Crippen LogP) is 1.80. The van der Waals surface area contributed by atoms with Gasteiger partial charge in [0, 0.05) is 25.1 Å². The quantitative estimate of drug-likeness (QED) is 0.898. The van der Waals surface area contributed by atoms with Gasteiger partial charge in [-0.05, 0) is 40.2 Å². The number of carbonyl (C=O) groups is 1. The van der Waals surface area contributed by atoms with E-state index in [-0.39, 0.29) is 11.9 Å². The molecule has 8 nitrogen and oxygen atoms in total. The number of aryl methyl sites for hydroxylation is 2. The van der Waals surface area contributed by atoms with Crippen molar-refractivity contribution in [2.45, 2.75) is 52.1 Å². The number of rotatable bonds is 5. The molecule has 1 saturated heterocycles. The van der Waals surface area contributed by atoms with Gasteiger partial charge in [0.1, 0.15) is 12.2 Å². The molecule has 3 rings (SSSR count). The van der Waals surface area contributed by atoms with Crippen LogP contribution in [-0.2, 0) is 11.3 Å². The van der Waals surface area contributed by atoms with E-state index in [0.717, 1.165) is 44.0 Å². The lowest BCUT2D eigenvalue weighted by atomic mass is 9.96. The SMILES string of the molecule is CCn1cnnc1C1CCCN(C(C)C(=O)Nc2cc(C)no2)C1. The summed E-state index contributed by atoms with van der Waals surface area (Å²) in [4.78, 5) is 14.7. The monoisotopic (exact) mass is 332 g/mol. The van der Waals surface area contributed by atoms with Crippen LogP contribution in [0, 0.1) is 6.92 Å². The summed E-state index contributed by atoms with van der Waals surface area (Å²) in [5.41, 5.74) is 0.745. The van der Waals surface area contributed by atoms with Crippen molar-refractivity contribution in [2.24, 2.45) is 0 Å². The number of nitrogens with zero attached hydrogens (tertiary/aromatic N) is 5. The number of hydrogen-bond donors (Lipinski definition) is 1. The normalized spacial score (nSPS) is 20.0. The molecule has 0 radical (unpaired) electrons. The van der Waals surface area contributed by atoms with E-state index in [1.165, 1.54) is 0 Å². The second-order valence-electron chi connectivity index (χ2n) is 6.31. The van der Waals surface area contributed by atoms with Crippen molar-refractivity contribution in [1.82, 2.24) is 24.8 Å². The van der Waals surface area contributed by atoms with E-state index in [2.05, 4.69) is 37.1 Å². The summed E-state index contributed by atoms with van der Waals surface area (Å²) < 4.78 is 7.14. The van der Waals surface area contributed by atoms with Crippen molar-refractivity contribution in [3.63, 3.8) is 0 Å². The smallest absolute Gasteiger partial charge is 0.243 e. The number of hydrogen-bond acceptors (Lipinski definition) is 6. The highest BCUT2D eigenvalue weighted by atomic mass is 16.5.